The molecule has 0 atom stereocenters. The quantitative estimate of drug-likeness (QED) is 0.385. The van der Waals surface area contributed by atoms with Gasteiger partial charge < -0.3 is 0 Å². The Kier molecular flexibility index (Phi) is 5.10. The summed E-state index contributed by atoms with van der Waals surface area (Å²) in [5, 5.41) is 33.4. The Morgan fingerprint density at radius 2 is 1.52 bits per heavy atom. The summed E-state index contributed by atoms with van der Waals surface area (Å²) in [5.41, 5.74) is -3.66. The van der Waals surface area contributed by atoms with Crippen LogP contribution in [-0.2, 0) is 6.18 Å². The molecule has 0 N–H and O–H groups in total. The second-order valence-corrected chi connectivity index (χ2v) is 7.63. The number of nitro groups is 3. The number of non-ortho nitro benzene ring substituents is 1. The summed E-state index contributed by atoms with van der Waals surface area (Å²) in [6.45, 7) is 0. The third-order valence-corrected chi connectivity index (χ3v) is 5.72. The van der Waals surface area contributed by atoms with E-state index in [1.807, 2.05) is 0 Å². The van der Waals surface area contributed by atoms with Crippen LogP contribution in [0.4, 0.5) is 30.2 Å². The molecule has 150 valence electrons. The van der Waals surface area contributed by atoms with Gasteiger partial charge in [0.05, 0.1) is 30.6 Å². The zero-order chi connectivity index (χ0) is 21.5. The van der Waals surface area contributed by atoms with E-state index >= 15 is 0 Å². The van der Waals surface area contributed by atoms with Gasteiger partial charge in [0.25, 0.3) is 17.1 Å². The zero-order valence-electron chi connectivity index (χ0n) is 13.6. The van der Waals surface area contributed by atoms with Crippen molar-refractivity contribution < 1.29 is 27.9 Å². The normalized spacial score (nSPS) is 11.6. The number of hydrogen-bond acceptors (Lipinski definition) is 9. The van der Waals surface area contributed by atoms with Gasteiger partial charge in [-0.1, -0.05) is 0 Å². The Morgan fingerprint density at radius 1 is 0.931 bits per heavy atom. The lowest BCUT2D eigenvalue weighted by Gasteiger charge is -2.08. The minimum Gasteiger partial charge on any atom is -0.258 e. The van der Waals surface area contributed by atoms with Gasteiger partial charge in [-0.2, -0.15) is 13.2 Å². The fourth-order valence-electron chi connectivity index (χ4n) is 2.27. The maximum absolute atomic E-state index is 13.0. The lowest BCUT2D eigenvalue weighted by Crippen LogP contribution is -2.08. The van der Waals surface area contributed by atoms with Crippen LogP contribution in [0.2, 0.25) is 0 Å². The van der Waals surface area contributed by atoms with Gasteiger partial charge in [-0.3, -0.25) is 30.3 Å². The van der Waals surface area contributed by atoms with Crippen LogP contribution in [0.3, 0.4) is 0 Å². The van der Waals surface area contributed by atoms with Crippen molar-refractivity contribution in [1.29, 1.82) is 0 Å². The highest BCUT2D eigenvalue weighted by atomic mass is 32.2. The van der Waals surface area contributed by atoms with Crippen molar-refractivity contribution in [3.63, 3.8) is 0 Å². The molecular formula is C14H5F3N4O6S2. The van der Waals surface area contributed by atoms with Crippen molar-refractivity contribution in [2.75, 3.05) is 0 Å². The molecule has 0 fully saturated rings. The van der Waals surface area contributed by atoms with Crippen LogP contribution in [0.5, 0.6) is 0 Å². The van der Waals surface area contributed by atoms with Gasteiger partial charge in [0.2, 0.25) is 0 Å². The lowest BCUT2D eigenvalue weighted by molar-refractivity contribution is -0.400. The van der Waals surface area contributed by atoms with Crippen LogP contribution in [0.25, 0.3) is 10.2 Å². The maximum atomic E-state index is 13.0. The van der Waals surface area contributed by atoms with E-state index in [9.17, 15) is 43.5 Å². The Bertz CT molecular complexity index is 1140. The molecule has 0 amide bonds. The summed E-state index contributed by atoms with van der Waals surface area (Å²) in [6, 6.07) is 4.14. The average molecular weight is 446 g/mol. The smallest absolute Gasteiger partial charge is 0.258 e. The van der Waals surface area contributed by atoms with E-state index in [4.69, 9.17) is 0 Å². The average Bonchev–Trinajstić information content (AvgIpc) is 3.01. The summed E-state index contributed by atoms with van der Waals surface area (Å²) in [4.78, 5) is 33.9. The van der Waals surface area contributed by atoms with E-state index in [2.05, 4.69) is 4.98 Å². The number of nitro benzene ring substituents is 3. The second kappa shape index (κ2) is 7.25. The molecule has 0 bridgehead atoms. The summed E-state index contributed by atoms with van der Waals surface area (Å²) >= 11 is 1.30. The fraction of sp³-hybridized carbons (Fsp3) is 0.0714. The van der Waals surface area contributed by atoms with Gasteiger partial charge in [-0.15, -0.1) is 11.3 Å². The number of fused-ring (bicyclic) bond motifs is 1. The van der Waals surface area contributed by atoms with Gasteiger partial charge in [0, 0.05) is 24.3 Å². The molecule has 0 unspecified atom stereocenters. The first-order valence-electron chi connectivity index (χ1n) is 7.24. The molecule has 10 nitrogen and oxygen atoms in total. The Labute approximate surface area is 165 Å². The molecule has 3 aromatic rings. The molecule has 0 radical (unpaired) electrons. The van der Waals surface area contributed by atoms with Crippen LogP contribution in [0.15, 0.2) is 39.6 Å². The molecular weight excluding hydrogens is 441 g/mol. The largest absolute Gasteiger partial charge is 0.416 e. The van der Waals surface area contributed by atoms with E-state index in [1.54, 1.807) is 0 Å². The first kappa shape index (κ1) is 20.4. The standard InChI is InChI=1S/C14H5F3N4O6S2/c15-14(16,17)6-3-9(20(24)25)12(10(4-6)21(26)27)29-13-18-8-2-1-7(19(22)23)5-11(8)28-13/h1-5H. The number of alkyl halides is 3. The number of thiazole rings is 1. The van der Waals surface area contributed by atoms with E-state index < -0.39 is 42.8 Å². The highest BCUT2D eigenvalue weighted by molar-refractivity contribution is 8.01. The van der Waals surface area contributed by atoms with Crippen LogP contribution in [-0.4, -0.2) is 19.8 Å². The van der Waals surface area contributed by atoms with E-state index in [1.165, 1.54) is 18.2 Å². The number of rotatable bonds is 5. The van der Waals surface area contributed by atoms with Gasteiger partial charge in [0.1, 0.15) is 0 Å². The minimum atomic E-state index is -5.02. The summed E-state index contributed by atoms with van der Waals surface area (Å²) < 4.78 is 39.2. The summed E-state index contributed by atoms with van der Waals surface area (Å²) in [7, 11) is 0. The molecule has 0 aliphatic rings. The number of halogens is 3. The van der Waals surface area contributed by atoms with Crippen molar-refractivity contribution in [1.82, 2.24) is 4.98 Å². The molecule has 15 heteroatoms. The number of benzene rings is 2. The van der Waals surface area contributed by atoms with Gasteiger partial charge in [0.15, 0.2) is 9.24 Å². The zero-order valence-corrected chi connectivity index (χ0v) is 15.2. The number of nitrogens with zero attached hydrogens (tertiary/aromatic N) is 4. The number of aromatic nitrogens is 1. The Balaban J connectivity index is 2.15. The van der Waals surface area contributed by atoms with Crippen LogP contribution in [0, 0.1) is 30.3 Å². The molecule has 1 heterocycles. The summed E-state index contributed by atoms with van der Waals surface area (Å²) in [5.74, 6) is 0. The Hall–Kier alpha value is -3.33. The lowest BCUT2D eigenvalue weighted by atomic mass is 10.1. The molecule has 0 aliphatic heterocycles. The van der Waals surface area contributed by atoms with Gasteiger partial charge in [-0.05, 0) is 17.8 Å². The Morgan fingerprint density at radius 3 is 2.00 bits per heavy atom. The van der Waals surface area contributed by atoms with E-state index in [0.29, 0.717) is 22.0 Å². The SMILES string of the molecule is O=[N+]([O-])c1ccc2nc(Sc3c([N+](=O)[O-])cc(C(F)(F)F)cc3[N+](=O)[O-])sc2c1. The second-order valence-electron chi connectivity index (χ2n) is 5.35. The monoisotopic (exact) mass is 446 g/mol. The molecule has 1 aromatic heterocycles. The first-order chi connectivity index (χ1) is 13.5. The molecule has 2 aromatic carbocycles. The minimum absolute atomic E-state index is 0.0338. The molecule has 0 saturated heterocycles. The van der Waals surface area contributed by atoms with E-state index in [-0.39, 0.29) is 22.2 Å². The maximum Gasteiger partial charge on any atom is 0.416 e. The van der Waals surface area contributed by atoms with Crippen molar-refractivity contribution in [3.05, 3.63) is 66.2 Å². The first-order valence-corrected chi connectivity index (χ1v) is 8.87. The van der Waals surface area contributed by atoms with Crippen LogP contribution < -0.4 is 0 Å². The van der Waals surface area contributed by atoms with Crippen molar-refractivity contribution >= 4 is 50.4 Å². The van der Waals surface area contributed by atoms with Crippen LogP contribution in [0.1, 0.15) is 5.56 Å². The van der Waals surface area contributed by atoms with Crippen molar-refractivity contribution in [2.24, 2.45) is 0 Å². The van der Waals surface area contributed by atoms with Crippen LogP contribution >= 0.6 is 23.1 Å². The van der Waals surface area contributed by atoms with Crippen molar-refractivity contribution in [2.45, 2.75) is 15.4 Å². The predicted molar refractivity (Wildman–Crippen MR) is 95.2 cm³/mol. The van der Waals surface area contributed by atoms with Crippen molar-refractivity contribution in [3.8, 4) is 0 Å². The highest BCUT2D eigenvalue weighted by Gasteiger charge is 2.38. The fourth-order valence-corrected chi connectivity index (χ4v) is 4.49. The molecule has 0 saturated carbocycles. The topological polar surface area (TPSA) is 142 Å². The third-order valence-electron chi connectivity index (χ3n) is 3.52. The van der Waals surface area contributed by atoms with Gasteiger partial charge >= 0.3 is 6.18 Å². The van der Waals surface area contributed by atoms with E-state index in [0.717, 1.165) is 11.3 Å². The highest BCUT2D eigenvalue weighted by Crippen LogP contribution is 2.46. The molecule has 0 aliphatic carbocycles. The third kappa shape index (κ3) is 4.09. The predicted octanol–water partition coefficient (Wildman–Crippen LogP) is 5.19. The summed E-state index contributed by atoms with van der Waals surface area (Å²) in [6.07, 6.45) is -5.02. The molecule has 29 heavy (non-hydrogen) atoms. The van der Waals surface area contributed by atoms with Gasteiger partial charge in [-0.25, -0.2) is 4.98 Å². The molecule has 3 rings (SSSR count). The molecule has 0 spiro atoms. The number of hydrogen-bond donors (Lipinski definition) is 0.